The number of nitrogens with one attached hydrogen (secondary N) is 2. The minimum atomic E-state index is -1.11. The number of rotatable bonds is 7. The fraction of sp³-hybridized carbons (Fsp3) is 0.120. The van der Waals surface area contributed by atoms with Gasteiger partial charge in [-0.05, 0) is 49.4 Å². The number of fused-ring (bicyclic) bond motifs is 1. The molecule has 0 atom stereocenters. The van der Waals surface area contributed by atoms with Crippen molar-refractivity contribution in [2.75, 3.05) is 18.5 Å². The number of ether oxygens (including phenoxy) is 1. The second kappa shape index (κ2) is 10.1. The van der Waals surface area contributed by atoms with Crippen LogP contribution in [-0.2, 0) is 14.3 Å². The monoisotopic (exact) mass is 478 g/mol. The molecule has 0 spiro atoms. The maximum atomic E-state index is 13.2. The number of amides is 2. The van der Waals surface area contributed by atoms with Gasteiger partial charge in [-0.15, -0.1) is 0 Å². The van der Waals surface area contributed by atoms with Gasteiger partial charge in [0.1, 0.15) is 5.82 Å². The summed E-state index contributed by atoms with van der Waals surface area (Å²) < 4.78 is 33.1. The average Bonchev–Trinajstić information content (AvgIpc) is 3.18. The lowest BCUT2D eigenvalue weighted by atomic mass is 10.2. The molecular weight excluding hydrogens is 458 g/mol. The second-order valence-corrected chi connectivity index (χ2v) is 7.56. The summed E-state index contributed by atoms with van der Waals surface area (Å²) in [6, 6.07) is 17.4. The van der Waals surface area contributed by atoms with Gasteiger partial charge >= 0.3 is 5.97 Å². The van der Waals surface area contributed by atoms with E-state index >= 15 is 0 Å². The first kappa shape index (κ1) is 23.6. The van der Waals surface area contributed by atoms with Gasteiger partial charge in [-0.1, -0.05) is 18.2 Å². The van der Waals surface area contributed by atoms with Crippen molar-refractivity contribution < 1.29 is 27.9 Å². The van der Waals surface area contributed by atoms with Crippen molar-refractivity contribution in [3.63, 3.8) is 0 Å². The highest BCUT2D eigenvalue weighted by molar-refractivity contribution is 5.97. The molecule has 0 radical (unpaired) electrons. The number of esters is 1. The van der Waals surface area contributed by atoms with Crippen LogP contribution in [0.4, 0.5) is 14.5 Å². The number of aryl methyl sites for hydroxylation is 1. The summed E-state index contributed by atoms with van der Waals surface area (Å²) >= 11 is 0. The maximum absolute atomic E-state index is 13.2. The molecule has 2 N–H and O–H groups in total. The third-order valence-corrected chi connectivity index (χ3v) is 5.06. The summed E-state index contributed by atoms with van der Waals surface area (Å²) in [4.78, 5) is 40.7. The quantitative estimate of drug-likeness (QED) is 0.396. The molecule has 4 aromatic rings. The molecule has 10 heteroatoms. The molecule has 0 unspecified atom stereocenters. The predicted octanol–water partition coefficient (Wildman–Crippen LogP) is 3.52. The third-order valence-electron chi connectivity index (χ3n) is 5.06. The minimum absolute atomic E-state index is 0.0370. The van der Waals surface area contributed by atoms with Gasteiger partial charge in [-0.3, -0.25) is 14.2 Å². The van der Waals surface area contributed by atoms with Crippen LogP contribution in [-0.4, -0.2) is 40.5 Å². The van der Waals surface area contributed by atoms with Crippen LogP contribution in [0.5, 0.6) is 0 Å². The third kappa shape index (κ3) is 5.49. The molecule has 0 saturated heterocycles. The molecule has 4 rings (SSSR count). The van der Waals surface area contributed by atoms with E-state index in [1.54, 1.807) is 18.2 Å². The molecule has 0 aliphatic carbocycles. The van der Waals surface area contributed by atoms with E-state index in [1.165, 1.54) is 6.07 Å². The van der Waals surface area contributed by atoms with Crippen LogP contribution in [0.1, 0.15) is 16.2 Å². The van der Waals surface area contributed by atoms with Gasteiger partial charge in [0.2, 0.25) is 5.91 Å². The zero-order valence-corrected chi connectivity index (χ0v) is 18.5. The Balaban J connectivity index is 1.31. The molecule has 0 aliphatic heterocycles. The minimum Gasteiger partial charge on any atom is -0.452 e. The van der Waals surface area contributed by atoms with E-state index in [9.17, 15) is 23.2 Å². The van der Waals surface area contributed by atoms with Crippen LogP contribution >= 0.6 is 0 Å². The Labute approximate surface area is 198 Å². The van der Waals surface area contributed by atoms with E-state index in [-0.39, 0.29) is 11.3 Å². The molecule has 35 heavy (non-hydrogen) atoms. The molecule has 1 heterocycles. The Morgan fingerprint density at radius 1 is 0.943 bits per heavy atom. The Kier molecular flexibility index (Phi) is 6.81. The number of nitrogens with zero attached hydrogens (tertiary/aromatic N) is 2. The molecular formula is C25H20F2N4O4. The van der Waals surface area contributed by atoms with E-state index in [2.05, 4.69) is 15.6 Å². The van der Waals surface area contributed by atoms with Crippen LogP contribution in [0.2, 0.25) is 0 Å². The molecule has 0 fully saturated rings. The van der Waals surface area contributed by atoms with Crippen molar-refractivity contribution >= 4 is 34.5 Å². The highest BCUT2D eigenvalue weighted by Gasteiger charge is 2.15. The number of benzene rings is 3. The summed E-state index contributed by atoms with van der Waals surface area (Å²) in [5.41, 5.74) is 2.61. The lowest BCUT2D eigenvalue weighted by Gasteiger charge is -2.08. The molecule has 1 aromatic heterocycles. The normalized spacial score (nSPS) is 10.7. The van der Waals surface area contributed by atoms with Gasteiger partial charge in [-0.25, -0.2) is 18.6 Å². The Morgan fingerprint density at radius 2 is 1.71 bits per heavy atom. The van der Waals surface area contributed by atoms with E-state index in [0.717, 1.165) is 29.2 Å². The van der Waals surface area contributed by atoms with Crippen molar-refractivity contribution in [3.05, 3.63) is 89.8 Å². The second-order valence-electron chi connectivity index (χ2n) is 7.56. The van der Waals surface area contributed by atoms with E-state index < -0.39 is 42.6 Å². The van der Waals surface area contributed by atoms with Gasteiger partial charge in [0.15, 0.2) is 18.2 Å². The largest absolute Gasteiger partial charge is 0.452 e. The molecule has 178 valence electrons. The SMILES string of the molecule is Cc1nc2cc(C(=O)OCC(=O)NCC(=O)Nc3ccc(F)c(F)c3)ccc2n1-c1ccccc1. The van der Waals surface area contributed by atoms with Crippen molar-refractivity contribution in [1.29, 1.82) is 0 Å². The Hall–Kier alpha value is -4.60. The number of hydrogen-bond donors (Lipinski definition) is 2. The number of imidazole rings is 1. The van der Waals surface area contributed by atoms with E-state index in [1.807, 2.05) is 41.8 Å². The van der Waals surface area contributed by atoms with E-state index in [4.69, 9.17) is 4.74 Å². The fourth-order valence-electron chi connectivity index (χ4n) is 3.45. The van der Waals surface area contributed by atoms with Gasteiger partial charge < -0.3 is 15.4 Å². The summed E-state index contributed by atoms with van der Waals surface area (Å²) in [7, 11) is 0. The smallest absolute Gasteiger partial charge is 0.338 e. The first-order chi connectivity index (χ1) is 16.8. The fourth-order valence-corrected chi connectivity index (χ4v) is 3.45. The van der Waals surface area contributed by atoms with Gasteiger partial charge in [0.05, 0.1) is 23.1 Å². The zero-order chi connectivity index (χ0) is 24.9. The Morgan fingerprint density at radius 3 is 2.46 bits per heavy atom. The zero-order valence-electron chi connectivity index (χ0n) is 18.5. The molecule has 0 aliphatic rings. The summed E-state index contributed by atoms with van der Waals surface area (Å²) in [5.74, 6) is -3.50. The van der Waals surface area contributed by atoms with Crippen LogP contribution in [0.25, 0.3) is 16.7 Å². The molecule has 3 aromatic carbocycles. The maximum Gasteiger partial charge on any atom is 0.338 e. The predicted molar refractivity (Wildman–Crippen MR) is 124 cm³/mol. The van der Waals surface area contributed by atoms with Crippen molar-refractivity contribution in [3.8, 4) is 5.69 Å². The number of carbonyl (C=O) groups excluding carboxylic acids is 3. The summed E-state index contributed by atoms with van der Waals surface area (Å²) in [6.45, 7) is 0.808. The van der Waals surface area contributed by atoms with Crippen molar-refractivity contribution in [1.82, 2.24) is 14.9 Å². The van der Waals surface area contributed by atoms with Crippen LogP contribution in [0, 0.1) is 18.6 Å². The highest BCUT2D eigenvalue weighted by Crippen LogP contribution is 2.22. The number of para-hydroxylation sites is 1. The molecule has 0 bridgehead atoms. The average molecular weight is 478 g/mol. The number of carbonyl (C=O) groups is 3. The van der Waals surface area contributed by atoms with Crippen LogP contribution in [0.15, 0.2) is 66.7 Å². The molecule has 8 nitrogen and oxygen atoms in total. The highest BCUT2D eigenvalue weighted by atomic mass is 19.2. The Bertz CT molecular complexity index is 1420. The number of halogens is 2. The topological polar surface area (TPSA) is 102 Å². The van der Waals surface area contributed by atoms with Crippen LogP contribution < -0.4 is 10.6 Å². The van der Waals surface area contributed by atoms with Gasteiger partial charge in [0.25, 0.3) is 5.91 Å². The number of aromatic nitrogens is 2. The van der Waals surface area contributed by atoms with Crippen LogP contribution in [0.3, 0.4) is 0 Å². The molecule has 2 amide bonds. The number of anilines is 1. The molecule has 0 saturated carbocycles. The lowest BCUT2D eigenvalue weighted by Crippen LogP contribution is -2.35. The first-order valence-corrected chi connectivity index (χ1v) is 10.5. The summed E-state index contributed by atoms with van der Waals surface area (Å²) in [5, 5.41) is 4.60. The summed E-state index contributed by atoms with van der Waals surface area (Å²) in [6.07, 6.45) is 0. The van der Waals surface area contributed by atoms with Gasteiger partial charge in [-0.2, -0.15) is 0 Å². The van der Waals surface area contributed by atoms with Crippen molar-refractivity contribution in [2.24, 2.45) is 0 Å². The number of hydrogen-bond acceptors (Lipinski definition) is 5. The standard InChI is InChI=1S/C25H20F2N4O4/c1-15-29-21-11-16(7-10-22(21)31(15)18-5-3-2-4-6-18)25(34)35-14-24(33)28-13-23(32)30-17-8-9-19(26)20(27)12-17/h2-12H,13-14H2,1H3,(H,28,33)(H,30,32). The van der Waals surface area contributed by atoms with E-state index in [0.29, 0.717) is 5.52 Å². The lowest BCUT2D eigenvalue weighted by molar-refractivity contribution is -0.126. The first-order valence-electron chi connectivity index (χ1n) is 10.5. The van der Waals surface area contributed by atoms with Gasteiger partial charge in [0, 0.05) is 17.4 Å². The van der Waals surface area contributed by atoms with Crippen molar-refractivity contribution in [2.45, 2.75) is 6.92 Å².